The van der Waals surface area contributed by atoms with E-state index in [2.05, 4.69) is 0 Å². The van der Waals surface area contributed by atoms with E-state index in [-0.39, 0.29) is 12.5 Å². The van der Waals surface area contributed by atoms with Crippen LogP contribution >= 0.6 is 0 Å². The first-order valence-electron chi connectivity index (χ1n) is 4.82. The predicted molar refractivity (Wildman–Crippen MR) is 50.5 cm³/mol. The molecule has 7 heteroatoms. The Hall–Kier alpha value is -1.71. The van der Waals surface area contributed by atoms with Crippen LogP contribution in [-0.4, -0.2) is 0 Å². The molecule has 0 radical (unpaired) electrons. The molecule has 18 heavy (non-hydrogen) atoms. The zero-order valence-electron chi connectivity index (χ0n) is 9.08. The zero-order valence-corrected chi connectivity index (χ0v) is 9.08. The van der Waals surface area contributed by atoms with Crippen LogP contribution < -0.4 is 0 Å². The summed E-state index contributed by atoms with van der Waals surface area (Å²) in [5.74, 6) is 0. The number of alkyl halides is 6. The van der Waals surface area contributed by atoms with Gasteiger partial charge in [-0.3, -0.25) is 0 Å². The number of nitrogens with zero attached hydrogens (tertiary/aromatic N) is 1. The van der Waals surface area contributed by atoms with Crippen molar-refractivity contribution in [1.29, 1.82) is 5.26 Å². The first-order chi connectivity index (χ1) is 8.11. The largest absolute Gasteiger partial charge is 0.417 e. The predicted octanol–water partition coefficient (Wildman–Crippen LogP) is 4.16. The number of benzene rings is 1. The molecule has 1 rings (SSSR count). The third kappa shape index (κ3) is 2.75. The maximum atomic E-state index is 12.6. The first-order valence-corrected chi connectivity index (χ1v) is 4.82. The Morgan fingerprint density at radius 1 is 1.00 bits per heavy atom. The highest BCUT2D eigenvalue weighted by molar-refractivity contribution is 5.47. The van der Waals surface area contributed by atoms with E-state index in [1.54, 1.807) is 0 Å². The molecule has 0 unspecified atom stereocenters. The highest BCUT2D eigenvalue weighted by atomic mass is 19.4. The van der Waals surface area contributed by atoms with Crippen LogP contribution in [0.2, 0.25) is 0 Å². The Labute approximate surface area is 98.6 Å². The number of hydrogen-bond donors (Lipinski definition) is 0. The molecule has 1 aromatic rings. The van der Waals surface area contributed by atoms with E-state index in [0.717, 1.165) is 6.07 Å². The standard InChI is InChI=1S/C11H7F6N/c1-2-6-3-9(11(15,16)17)7(5-18)4-8(6)10(12,13)14/h3-4H,2H2,1H3. The fourth-order valence-corrected chi connectivity index (χ4v) is 1.53. The summed E-state index contributed by atoms with van der Waals surface area (Å²) in [5, 5.41) is 8.52. The highest BCUT2D eigenvalue weighted by Gasteiger charge is 2.39. The minimum Gasteiger partial charge on any atom is -0.192 e. The van der Waals surface area contributed by atoms with Crippen molar-refractivity contribution >= 4 is 0 Å². The minimum absolute atomic E-state index is 0.205. The quantitative estimate of drug-likeness (QED) is 0.701. The summed E-state index contributed by atoms with van der Waals surface area (Å²) in [4.78, 5) is 0. The first kappa shape index (κ1) is 14.4. The van der Waals surface area contributed by atoms with Gasteiger partial charge in [0.15, 0.2) is 0 Å². The molecule has 0 aromatic heterocycles. The molecular weight excluding hydrogens is 260 g/mol. The average Bonchev–Trinajstić information content (AvgIpc) is 2.24. The Balaban J connectivity index is 3.59. The number of halogens is 6. The lowest BCUT2D eigenvalue weighted by molar-refractivity contribution is -0.142. The van der Waals surface area contributed by atoms with Crippen molar-refractivity contribution in [3.63, 3.8) is 0 Å². The molecule has 1 nitrogen and oxygen atoms in total. The minimum atomic E-state index is -4.85. The van der Waals surface area contributed by atoms with Crippen molar-refractivity contribution in [2.45, 2.75) is 25.7 Å². The lowest BCUT2D eigenvalue weighted by Gasteiger charge is -2.16. The molecule has 0 saturated carbocycles. The Morgan fingerprint density at radius 3 is 1.83 bits per heavy atom. The third-order valence-corrected chi connectivity index (χ3v) is 2.36. The van der Waals surface area contributed by atoms with Gasteiger partial charge in [0.1, 0.15) is 0 Å². The fraction of sp³-hybridized carbons (Fsp3) is 0.364. The van der Waals surface area contributed by atoms with Gasteiger partial charge in [-0.05, 0) is 24.1 Å². The molecule has 98 valence electrons. The molecular formula is C11H7F6N. The van der Waals surface area contributed by atoms with Crippen LogP contribution in [0.3, 0.4) is 0 Å². The normalized spacial score (nSPS) is 12.3. The topological polar surface area (TPSA) is 23.8 Å². The van der Waals surface area contributed by atoms with Crippen molar-refractivity contribution in [3.05, 3.63) is 34.4 Å². The van der Waals surface area contributed by atoms with Crippen LogP contribution in [0, 0.1) is 11.3 Å². The second-order valence-electron chi connectivity index (χ2n) is 3.52. The van der Waals surface area contributed by atoms with Crippen molar-refractivity contribution in [2.75, 3.05) is 0 Å². The molecule has 0 aliphatic heterocycles. The van der Waals surface area contributed by atoms with Crippen molar-refractivity contribution in [1.82, 2.24) is 0 Å². The number of nitriles is 1. The average molecular weight is 267 g/mol. The Bertz CT molecular complexity index is 492. The summed E-state index contributed by atoms with van der Waals surface area (Å²) in [5.41, 5.74) is -4.04. The number of rotatable bonds is 1. The Morgan fingerprint density at radius 2 is 1.50 bits per heavy atom. The van der Waals surface area contributed by atoms with Crippen molar-refractivity contribution in [2.24, 2.45) is 0 Å². The van der Waals surface area contributed by atoms with Crippen LogP contribution in [0.25, 0.3) is 0 Å². The van der Waals surface area contributed by atoms with Gasteiger partial charge in [0.2, 0.25) is 0 Å². The highest BCUT2D eigenvalue weighted by Crippen LogP contribution is 2.38. The maximum absolute atomic E-state index is 12.6. The van der Waals surface area contributed by atoms with E-state index in [4.69, 9.17) is 5.26 Å². The molecule has 0 atom stereocenters. The summed E-state index contributed by atoms with van der Waals surface area (Å²) >= 11 is 0. The molecule has 0 saturated heterocycles. The van der Waals surface area contributed by atoms with Gasteiger partial charge in [0.05, 0.1) is 22.8 Å². The molecule has 0 heterocycles. The van der Waals surface area contributed by atoms with Crippen molar-refractivity contribution in [3.8, 4) is 6.07 Å². The summed E-state index contributed by atoms with van der Waals surface area (Å²) in [7, 11) is 0. The summed E-state index contributed by atoms with van der Waals surface area (Å²) < 4.78 is 75.4. The second kappa shape index (κ2) is 4.52. The van der Waals surface area contributed by atoms with Gasteiger partial charge < -0.3 is 0 Å². The van der Waals surface area contributed by atoms with Crippen LogP contribution in [-0.2, 0) is 18.8 Å². The molecule has 1 aromatic carbocycles. The van der Waals surface area contributed by atoms with Crippen molar-refractivity contribution < 1.29 is 26.3 Å². The molecule has 0 N–H and O–H groups in total. The number of aryl methyl sites for hydroxylation is 1. The molecule has 0 amide bonds. The fourth-order valence-electron chi connectivity index (χ4n) is 1.53. The van der Waals surface area contributed by atoms with Crippen LogP contribution in [0.4, 0.5) is 26.3 Å². The molecule has 0 aliphatic rings. The summed E-state index contributed by atoms with van der Waals surface area (Å²) in [6.45, 7) is 1.32. The second-order valence-corrected chi connectivity index (χ2v) is 3.52. The van der Waals surface area contributed by atoms with E-state index >= 15 is 0 Å². The van der Waals surface area contributed by atoms with E-state index in [1.807, 2.05) is 0 Å². The monoisotopic (exact) mass is 267 g/mol. The van der Waals surface area contributed by atoms with Gasteiger partial charge in [-0.1, -0.05) is 6.92 Å². The van der Waals surface area contributed by atoms with Gasteiger partial charge in [-0.25, -0.2) is 0 Å². The lowest BCUT2D eigenvalue weighted by Crippen LogP contribution is -2.14. The lowest BCUT2D eigenvalue weighted by atomic mass is 9.96. The summed E-state index contributed by atoms with van der Waals surface area (Å²) in [6, 6.07) is 1.79. The van der Waals surface area contributed by atoms with Crippen LogP contribution in [0.5, 0.6) is 0 Å². The third-order valence-electron chi connectivity index (χ3n) is 2.36. The Kier molecular flexibility index (Phi) is 3.60. The van der Waals surface area contributed by atoms with E-state index in [1.165, 1.54) is 6.92 Å². The smallest absolute Gasteiger partial charge is 0.192 e. The van der Waals surface area contributed by atoms with E-state index in [9.17, 15) is 26.3 Å². The van der Waals surface area contributed by atoms with E-state index in [0.29, 0.717) is 6.07 Å². The molecule has 0 spiro atoms. The summed E-state index contributed by atoms with van der Waals surface area (Å²) in [6.07, 6.45) is -9.83. The molecule has 0 fully saturated rings. The van der Waals surface area contributed by atoms with E-state index < -0.39 is 34.6 Å². The molecule has 0 bridgehead atoms. The maximum Gasteiger partial charge on any atom is 0.417 e. The van der Waals surface area contributed by atoms with Gasteiger partial charge in [-0.2, -0.15) is 31.6 Å². The number of hydrogen-bond acceptors (Lipinski definition) is 1. The van der Waals surface area contributed by atoms with Gasteiger partial charge in [-0.15, -0.1) is 0 Å². The van der Waals surface area contributed by atoms with Gasteiger partial charge >= 0.3 is 12.4 Å². The zero-order chi connectivity index (χ0) is 14.1. The van der Waals surface area contributed by atoms with Gasteiger partial charge in [0.25, 0.3) is 0 Å². The van der Waals surface area contributed by atoms with Gasteiger partial charge in [0, 0.05) is 0 Å². The molecule has 0 aliphatic carbocycles. The SMILES string of the molecule is CCc1cc(C(F)(F)F)c(C#N)cc1C(F)(F)F. The van der Waals surface area contributed by atoms with Crippen LogP contribution in [0.15, 0.2) is 12.1 Å². The van der Waals surface area contributed by atoms with Crippen LogP contribution in [0.1, 0.15) is 29.2 Å².